The molecule has 4 aromatic rings. The molecule has 30 heavy (non-hydrogen) atoms. The third-order valence-corrected chi connectivity index (χ3v) is 4.58. The van der Waals surface area contributed by atoms with Gasteiger partial charge in [0, 0.05) is 11.1 Å². The van der Waals surface area contributed by atoms with E-state index in [2.05, 4.69) is 10.3 Å². The summed E-state index contributed by atoms with van der Waals surface area (Å²) in [6.45, 7) is 2.69. The average Bonchev–Trinajstić information content (AvgIpc) is 3.22. The third kappa shape index (κ3) is 4.12. The highest BCUT2D eigenvalue weighted by Crippen LogP contribution is 2.32. The summed E-state index contributed by atoms with van der Waals surface area (Å²) in [5.74, 6) is 1.52. The topological polar surface area (TPSA) is 73.6 Å². The van der Waals surface area contributed by atoms with Crippen molar-refractivity contribution in [3.8, 4) is 23.0 Å². The quantitative estimate of drug-likeness (QED) is 0.439. The zero-order chi connectivity index (χ0) is 20.9. The van der Waals surface area contributed by atoms with Gasteiger partial charge in [0.2, 0.25) is 5.89 Å². The predicted molar refractivity (Wildman–Crippen MR) is 116 cm³/mol. The van der Waals surface area contributed by atoms with E-state index in [0.29, 0.717) is 35.1 Å². The van der Waals surface area contributed by atoms with Crippen LogP contribution in [-0.4, -0.2) is 24.6 Å². The minimum absolute atomic E-state index is 0.245. The van der Waals surface area contributed by atoms with E-state index in [-0.39, 0.29) is 5.91 Å². The van der Waals surface area contributed by atoms with Gasteiger partial charge in [0.25, 0.3) is 5.91 Å². The molecular formula is C24H22N2O4. The zero-order valence-electron chi connectivity index (χ0n) is 16.8. The number of anilines is 1. The van der Waals surface area contributed by atoms with Crippen LogP contribution >= 0.6 is 0 Å². The van der Waals surface area contributed by atoms with E-state index >= 15 is 0 Å². The molecule has 0 spiro atoms. The van der Waals surface area contributed by atoms with Crippen LogP contribution < -0.4 is 14.8 Å². The van der Waals surface area contributed by atoms with Crippen LogP contribution in [0.4, 0.5) is 5.69 Å². The molecule has 6 heteroatoms. The highest BCUT2D eigenvalue weighted by Gasteiger charge is 2.14. The Balaban J connectivity index is 1.58. The molecule has 1 aromatic heterocycles. The minimum atomic E-state index is -0.245. The first kappa shape index (κ1) is 19.5. The van der Waals surface area contributed by atoms with Crippen molar-refractivity contribution < 1.29 is 18.7 Å². The molecule has 0 atom stereocenters. The largest absolute Gasteiger partial charge is 0.495 e. The second-order valence-electron chi connectivity index (χ2n) is 6.73. The summed E-state index contributed by atoms with van der Waals surface area (Å²) in [4.78, 5) is 17.3. The fourth-order valence-corrected chi connectivity index (χ4v) is 3.05. The molecule has 0 saturated carbocycles. The van der Waals surface area contributed by atoms with Crippen LogP contribution in [0, 0.1) is 0 Å². The van der Waals surface area contributed by atoms with E-state index < -0.39 is 0 Å². The highest BCUT2D eigenvalue weighted by atomic mass is 16.5. The summed E-state index contributed by atoms with van der Waals surface area (Å²) >= 11 is 0. The summed E-state index contributed by atoms with van der Waals surface area (Å²) in [5, 5.41) is 2.91. The van der Waals surface area contributed by atoms with Crippen LogP contribution in [0.1, 0.15) is 23.7 Å². The van der Waals surface area contributed by atoms with Crippen molar-refractivity contribution in [2.45, 2.75) is 13.3 Å². The molecule has 0 radical (unpaired) electrons. The standard InChI is InChI=1S/C24H22N2O4/c1-3-14-29-18-11-8-16(9-12-18)23(27)25-20-15-17(10-13-21(20)28-2)24-26-19-6-4-5-7-22(19)30-24/h4-13,15H,3,14H2,1-2H3,(H,25,27). The van der Waals surface area contributed by atoms with Crippen LogP contribution in [0.3, 0.4) is 0 Å². The van der Waals surface area contributed by atoms with Gasteiger partial charge in [-0.25, -0.2) is 4.98 Å². The molecule has 1 N–H and O–H groups in total. The van der Waals surface area contributed by atoms with Crippen molar-refractivity contribution in [2.75, 3.05) is 19.0 Å². The predicted octanol–water partition coefficient (Wildman–Crippen LogP) is 5.54. The summed E-state index contributed by atoms with van der Waals surface area (Å²) in [6.07, 6.45) is 0.929. The second-order valence-corrected chi connectivity index (χ2v) is 6.73. The van der Waals surface area contributed by atoms with Gasteiger partial charge in [-0.1, -0.05) is 19.1 Å². The van der Waals surface area contributed by atoms with Crippen LogP contribution in [0.5, 0.6) is 11.5 Å². The van der Waals surface area contributed by atoms with Crippen LogP contribution in [0.2, 0.25) is 0 Å². The Morgan fingerprint density at radius 1 is 1.07 bits per heavy atom. The summed E-state index contributed by atoms with van der Waals surface area (Å²) < 4.78 is 16.8. The Labute approximate surface area is 174 Å². The maximum absolute atomic E-state index is 12.7. The Kier molecular flexibility index (Phi) is 5.66. The Morgan fingerprint density at radius 2 is 1.87 bits per heavy atom. The average molecular weight is 402 g/mol. The van der Waals surface area contributed by atoms with Crippen molar-refractivity contribution in [1.29, 1.82) is 0 Å². The Bertz CT molecular complexity index is 1130. The summed E-state index contributed by atoms with van der Waals surface area (Å²) in [6, 6.07) is 20.0. The number of amides is 1. The second kappa shape index (κ2) is 8.69. The molecule has 0 bridgehead atoms. The Morgan fingerprint density at radius 3 is 2.60 bits per heavy atom. The number of fused-ring (bicyclic) bond motifs is 1. The summed E-state index contributed by atoms with van der Waals surface area (Å²) in [5.41, 5.74) is 3.28. The molecule has 4 rings (SSSR count). The van der Waals surface area contributed by atoms with Gasteiger partial charge in [0.05, 0.1) is 19.4 Å². The SMILES string of the molecule is CCCOc1ccc(C(=O)Nc2cc(-c3nc4ccccc4o3)ccc2OC)cc1. The van der Waals surface area contributed by atoms with Gasteiger partial charge in [0.15, 0.2) is 5.58 Å². The van der Waals surface area contributed by atoms with Gasteiger partial charge in [-0.2, -0.15) is 0 Å². The molecule has 0 saturated heterocycles. The maximum Gasteiger partial charge on any atom is 0.255 e. The number of nitrogens with zero attached hydrogens (tertiary/aromatic N) is 1. The van der Waals surface area contributed by atoms with Crippen molar-refractivity contribution in [3.05, 3.63) is 72.3 Å². The van der Waals surface area contributed by atoms with Crippen molar-refractivity contribution in [2.24, 2.45) is 0 Å². The number of hydrogen-bond donors (Lipinski definition) is 1. The zero-order valence-corrected chi connectivity index (χ0v) is 16.8. The number of nitrogens with one attached hydrogen (secondary N) is 1. The number of methoxy groups -OCH3 is 1. The van der Waals surface area contributed by atoms with Crippen molar-refractivity contribution in [3.63, 3.8) is 0 Å². The van der Waals surface area contributed by atoms with Gasteiger partial charge in [-0.3, -0.25) is 4.79 Å². The first-order chi connectivity index (χ1) is 14.7. The first-order valence-corrected chi connectivity index (χ1v) is 9.76. The van der Waals surface area contributed by atoms with Gasteiger partial charge in [-0.05, 0) is 61.0 Å². The molecule has 0 fully saturated rings. The van der Waals surface area contributed by atoms with Crippen molar-refractivity contribution >= 4 is 22.7 Å². The molecule has 6 nitrogen and oxygen atoms in total. The molecule has 0 aliphatic rings. The van der Waals surface area contributed by atoms with Crippen molar-refractivity contribution in [1.82, 2.24) is 4.98 Å². The molecule has 0 aliphatic heterocycles. The lowest BCUT2D eigenvalue weighted by atomic mass is 10.1. The number of carbonyl (C=O) groups is 1. The molecule has 1 amide bonds. The smallest absolute Gasteiger partial charge is 0.255 e. The van der Waals surface area contributed by atoms with Crippen LogP contribution in [-0.2, 0) is 0 Å². The number of carbonyl (C=O) groups excluding carboxylic acids is 1. The van der Waals surface area contributed by atoms with Gasteiger partial charge in [0.1, 0.15) is 17.0 Å². The molecule has 0 aliphatic carbocycles. The number of ether oxygens (including phenoxy) is 2. The molecule has 152 valence electrons. The van der Waals surface area contributed by atoms with E-state index in [4.69, 9.17) is 13.9 Å². The van der Waals surface area contributed by atoms with E-state index in [1.54, 1.807) is 43.5 Å². The lowest BCUT2D eigenvalue weighted by Crippen LogP contribution is -2.12. The highest BCUT2D eigenvalue weighted by molar-refractivity contribution is 6.05. The van der Waals surface area contributed by atoms with E-state index in [0.717, 1.165) is 23.3 Å². The fourth-order valence-electron chi connectivity index (χ4n) is 3.05. The number of oxazole rings is 1. The molecule has 0 unspecified atom stereocenters. The number of aromatic nitrogens is 1. The van der Waals surface area contributed by atoms with Crippen LogP contribution in [0.15, 0.2) is 71.1 Å². The molecular weight excluding hydrogens is 380 g/mol. The number of para-hydroxylation sites is 2. The monoisotopic (exact) mass is 402 g/mol. The van der Waals surface area contributed by atoms with Gasteiger partial charge < -0.3 is 19.2 Å². The van der Waals surface area contributed by atoms with E-state index in [9.17, 15) is 4.79 Å². The van der Waals surface area contributed by atoms with Gasteiger partial charge >= 0.3 is 0 Å². The normalized spacial score (nSPS) is 10.7. The molecule has 3 aromatic carbocycles. The lowest BCUT2D eigenvalue weighted by Gasteiger charge is -2.12. The lowest BCUT2D eigenvalue weighted by molar-refractivity contribution is 0.102. The van der Waals surface area contributed by atoms with E-state index in [1.807, 2.05) is 37.3 Å². The maximum atomic E-state index is 12.7. The first-order valence-electron chi connectivity index (χ1n) is 9.76. The van der Waals surface area contributed by atoms with Crippen LogP contribution in [0.25, 0.3) is 22.6 Å². The minimum Gasteiger partial charge on any atom is -0.495 e. The van der Waals surface area contributed by atoms with Gasteiger partial charge in [-0.15, -0.1) is 0 Å². The Hall–Kier alpha value is -3.80. The summed E-state index contributed by atoms with van der Waals surface area (Å²) in [7, 11) is 1.56. The molecule has 1 heterocycles. The number of benzene rings is 3. The fraction of sp³-hybridized carbons (Fsp3) is 0.167. The third-order valence-electron chi connectivity index (χ3n) is 4.58. The number of rotatable bonds is 7. The van der Waals surface area contributed by atoms with E-state index in [1.165, 1.54) is 0 Å². The number of hydrogen-bond acceptors (Lipinski definition) is 5.